The number of hydrogen-bond acceptors (Lipinski definition) is 4. The number of fused-ring (bicyclic) bond motifs is 1. The first-order valence-corrected chi connectivity index (χ1v) is 8.96. The number of halogens is 1. The van der Waals surface area contributed by atoms with Gasteiger partial charge in [-0.05, 0) is 31.2 Å². The Morgan fingerprint density at radius 3 is 2.50 bits per heavy atom. The van der Waals surface area contributed by atoms with E-state index in [-0.39, 0.29) is 11.7 Å². The SMILES string of the molecule is Cc1c(C(=O)c2ccccc2)oc2cc(NC(=O)c3ccc(Cl)nc3)ccc12. The maximum atomic E-state index is 12.7. The highest BCUT2D eigenvalue weighted by Gasteiger charge is 2.19. The van der Waals surface area contributed by atoms with E-state index in [1.165, 1.54) is 6.20 Å². The largest absolute Gasteiger partial charge is 0.452 e. The first kappa shape index (κ1) is 17.9. The molecular weight excluding hydrogens is 376 g/mol. The fourth-order valence-corrected chi connectivity index (χ4v) is 3.07. The number of furan rings is 1. The van der Waals surface area contributed by atoms with E-state index >= 15 is 0 Å². The predicted molar refractivity (Wildman–Crippen MR) is 108 cm³/mol. The molecule has 1 N–H and O–H groups in total. The summed E-state index contributed by atoms with van der Waals surface area (Å²) < 4.78 is 5.83. The van der Waals surface area contributed by atoms with Crippen LogP contribution in [0.2, 0.25) is 5.15 Å². The maximum absolute atomic E-state index is 12.7. The van der Waals surface area contributed by atoms with E-state index < -0.39 is 0 Å². The predicted octanol–water partition coefficient (Wildman–Crippen LogP) is 5.27. The van der Waals surface area contributed by atoms with Crippen LogP contribution in [0.25, 0.3) is 11.0 Å². The molecule has 2 heterocycles. The zero-order valence-electron chi connectivity index (χ0n) is 14.9. The average molecular weight is 391 g/mol. The molecule has 2 aromatic heterocycles. The number of carbonyl (C=O) groups excluding carboxylic acids is 2. The molecule has 5 nitrogen and oxygen atoms in total. The fourth-order valence-electron chi connectivity index (χ4n) is 2.95. The molecule has 0 aliphatic heterocycles. The molecule has 4 rings (SSSR count). The van der Waals surface area contributed by atoms with Gasteiger partial charge in [-0.3, -0.25) is 9.59 Å². The number of ketones is 1. The van der Waals surface area contributed by atoms with Gasteiger partial charge in [-0.2, -0.15) is 0 Å². The van der Waals surface area contributed by atoms with Crippen LogP contribution in [0, 0.1) is 6.92 Å². The van der Waals surface area contributed by atoms with E-state index in [1.807, 2.05) is 31.2 Å². The van der Waals surface area contributed by atoms with Crippen LogP contribution in [-0.2, 0) is 0 Å². The molecule has 6 heteroatoms. The lowest BCUT2D eigenvalue weighted by atomic mass is 10.0. The van der Waals surface area contributed by atoms with E-state index in [0.29, 0.717) is 33.3 Å². The summed E-state index contributed by atoms with van der Waals surface area (Å²) in [6, 6.07) is 17.4. The molecule has 4 aromatic rings. The van der Waals surface area contributed by atoms with Crippen molar-refractivity contribution in [1.82, 2.24) is 4.98 Å². The number of pyridine rings is 1. The van der Waals surface area contributed by atoms with Crippen LogP contribution < -0.4 is 5.32 Å². The summed E-state index contributed by atoms with van der Waals surface area (Å²) in [5.74, 6) is -0.189. The number of carbonyl (C=O) groups is 2. The number of nitrogens with zero attached hydrogens (tertiary/aromatic N) is 1. The van der Waals surface area contributed by atoms with Gasteiger partial charge in [-0.15, -0.1) is 0 Å². The van der Waals surface area contributed by atoms with Crippen molar-refractivity contribution in [3.63, 3.8) is 0 Å². The van der Waals surface area contributed by atoms with Crippen LogP contribution in [0.1, 0.15) is 32.0 Å². The van der Waals surface area contributed by atoms with Crippen LogP contribution >= 0.6 is 11.6 Å². The van der Waals surface area contributed by atoms with Gasteiger partial charge in [0.15, 0.2) is 5.76 Å². The number of anilines is 1. The Bertz CT molecular complexity index is 1180. The Morgan fingerprint density at radius 2 is 1.79 bits per heavy atom. The number of aromatic nitrogens is 1. The number of nitrogens with one attached hydrogen (secondary N) is 1. The number of amides is 1. The molecule has 0 unspecified atom stereocenters. The van der Waals surface area contributed by atoms with Gasteiger partial charge in [0.1, 0.15) is 10.7 Å². The van der Waals surface area contributed by atoms with E-state index in [9.17, 15) is 9.59 Å². The van der Waals surface area contributed by atoms with Crippen LogP contribution in [0.5, 0.6) is 0 Å². The average Bonchev–Trinajstić information content (AvgIpc) is 3.04. The molecule has 0 saturated heterocycles. The summed E-state index contributed by atoms with van der Waals surface area (Å²) >= 11 is 5.75. The highest BCUT2D eigenvalue weighted by atomic mass is 35.5. The van der Waals surface area contributed by atoms with E-state index in [2.05, 4.69) is 10.3 Å². The Balaban J connectivity index is 1.63. The van der Waals surface area contributed by atoms with E-state index in [4.69, 9.17) is 16.0 Å². The number of rotatable bonds is 4. The van der Waals surface area contributed by atoms with Gasteiger partial charge in [0, 0.05) is 34.5 Å². The lowest BCUT2D eigenvalue weighted by Crippen LogP contribution is -2.11. The minimum absolute atomic E-state index is 0.174. The van der Waals surface area contributed by atoms with Crippen molar-refractivity contribution in [3.8, 4) is 0 Å². The van der Waals surface area contributed by atoms with Crippen molar-refractivity contribution in [2.24, 2.45) is 0 Å². The van der Waals surface area contributed by atoms with Gasteiger partial charge in [0.25, 0.3) is 5.91 Å². The van der Waals surface area contributed by atoms with Crippen molar-refractivity contribution < 1.29 is 14.0 Å². The lowest BCUT2D eigenvalue weighted by molar-refractivity contribution is 0.101. The van der Waals surface area contributed by atoms with Crippen molar-refractivity contribution in [2.75, 3.05) is 5.32 Å². The van der Waals surface area contributed by atoms with Gasteiger partial charge in [0.2, 0.25) is 5.78 Å². The van der Waals surface area contributed by atoms with Crippen molar-refractivity contribution >= 4 is 39.9 Å². The molecule has 0 aliphatic rings. The molecule has 138 valence electrons. The van der Waals surface area contributed by atoms with Crippen LogP contribution in [0.15, 0.2) is 71.3 Å². The summed E-state index contributed by atoms with van der Waals surface area (Å²) in [4.78, 5) is 29.0. The van der Waals surface area contributed by atoms with E-state index in [0.717, 1.165) is 10.9 Å². The van der Waals surface area contributed by atoms with Crippen molar-refractivity contribution in [2.45, 2.75) is 6.92 Å². The minimum Gasteiger partial charge on any atom is -0.452 e. The summed E-state index contributed by atoms with van der Waals surface area (Å²) in [6.45, 7) is 1.85. The maximum Gasteiger partial charge on any atom is 0.257 e. The topological polar surface area (TPSA) is 72.2 Å². The van der Waals surface area contributed by atoms with Crippen molar-refractivity contribution in [1.29, 1.82) is 0 Å². The lowest BCUT2D eigenvalue weighted by Gasteiger charge is -2.05. The monoisotopic (exact) mass is 390 g/mol. The second-order valence-corrected chi connectivity index (χ2v) is 6.67. The molecule has 1 amide bonds. The molecular formula is C22H15ClN2O3. The molecule has 0 aliphatic carbocycles. The Kier molecular flexibility index (Phi) is 4.67. The highest BCUT2D eigenvalue weighted by Crippen LogP contribution is 2.29. The number of aryl methyl sites for hydroxylation is 1. The smallest absolute Gasteiger partial charge is 0.257 e. The zero-order valence-corrected chi connectivity index (χ0v) is 15.7. The number of benzene rings is 2. The van der Waals surface area contributed by atoms with Gasteiger partial charge in [-0.25, -0.2) is 4.98 Å². The molecule has 28 heavy (non-hydrogen) atoms. The quantitative estimate of drug-likeness (QED) is 0.380. The molecule has 0 spiro atoms. The van der Waals surface area contributed by atoms with Gasteiger partial charge < -0.3 is 9.73 Å². The highest BCUT2D eigenvalue weighted by molar-refractivity contribution is 6.29. The standard InChI is InChI=1S/C22H15ClN2O3/c1-13-17-9-8-16(25-22(27)15-7-10-19(23)24-12-15)11-18(17)28-21(13)20(26)14-5-3-2-4-6-14/h2-12H,1H3,(H,25,27). The number of hydrogen-bond donors (Lipinski definition) is 1. The first-order valence-electron chi connectivity index (χ1n) is 8.59. The summed E-state index contributed by atoms with van der Waals surface area (Å²) in [5, 5.41) is 3.94. The van der Waals surface area contributed by atoms with Crippen molar-refractivity contribution in [3.05, 3.63) is 94.5 Å². The third-order valence-corrected chi connectivity index (χ3v) is 4.65. The van der Waals surface area contributed by atoms with Crippen LogP contribution in [0.4, 0.5) is 5.69 Å². The molecule has 0 atom stereocenters. The molecule has 0 saturated carbocycles. The minimum atomic E-state index is -0.313. The molecule has 0 radical (unpaired) electrons. The van der Waals surface area contributed by atoms with E-state index in [1.54, 1.807) is 36.4 Å². The molecule has 0 fully saturated rings. The Labute approximate surface area is 166 Å². The first-order chi connectivity index (χ1) is 13.5. The van der Waals surface area contributed by atoms with Crippen LogP contribution in [-0.4, -0.2) is 16.7 Å². The zero-order chi connectivity index (χ0) is 19.7. The Hall–Kier alpha value is -3.44. The van der Waals surface area contributed by atoms with Crippen LogP contribution in [0.3, 0.4) is 0 Å². The third-order valence-electron chi connectivity index (χ3n) is 4.43. The molecule has 2 aromatic carbocycles. The summed E-state index contributed by atoms with van der Waals surface area (Å²) in [7, 11) is 0. The summed E-state index contributed by atoms with van der Waals surface area (Å²) in [6.07, 6.45) is 1.41. The third kappa shape index (κ3) is 3.40. The van der Waals surface area contributed by atoms with Gasteiger partial charge in [-0.1, -0.05) is 41.9 Å². The Morgan fingerprint density at radius 1 is 1.00 bits per heavy atom. The summed E-state index contributed by atoms with van der Waals surface area (Å²) in [5.41, 5.74) is 2.81. The normalized spacial score (nSPS) is 10.8. The fraction of sp³-hybridized carbons (Fsp3) is 0.0455. The molecule has 0 bridgehead atoms. The van der Waals surface area contributed by atoms with Gasteiger partial charge in [0.05, 0.1) is 5.56 Å². The second kappa shape index (κ2) is 7.29. The second-order valence-electron chi connectivity index (χ2n) is 6.29. The van der Waals surface area contributed by atoms with Gasteiger partial charge >= 0.3 is 0 Å².